The molecule has 0 N–H and O–H groups in total. The number of hydrogen-bond donors (Lipinski definition) is 0. The normalized spacial score (nSPS) is 20.1. The van der Waals surface area contributed by atoms with Crippen LogP contribution in [0.4, 0.5) is 11.4 Å². The maximum atomic E-state index is 9.47. The summed E-state index contributed by atoms with van der Waals surface area (Å²) in [6.07, 6.45) is 3.55. The van der Waals surface area contributed by atoms with E-state index in [9.17, 15) is 2.74 Å². The van der Waals surface area contributed by atoms with Crippen molar-refractivity contribution in [3.63, 3.8) is 0 Å². The zero-order valence-electron chi connectivity index (χ0n) is 25.4. The van der Waals surface area contributed by atoms with Crippen molar-refractivity contribution in [2.75, 3.05) is 4.90 Å². The second-order valence-electron chi connectivity index (χ2n) is 12.9. The third kappa shape index (κ3) is 3.74. The molecular formula is C37H39N. The van der Waals surface area contributed by atoms with Gasteiger partial charge in [-0.2, -0.15) is 0 Å². The molecule has 0 saturated heterocycles. The fraction of sp³-hybridized carbons (Fsp3) is 0.351. The molecule has 3 aliphatic rings. The van der Waals surface area contributed by atoms with E-state index < -0.39 is 11.8 Å². The molecule has 1 nitrogen and oxygen atoms in total. The van der Waals surface area contributed by atoms with E-state index in [4.69, 9.17) is 0 Å². The molecule has 1 heteroatoms. The van der Waals surface area contributed by atoms with Crippen LogP contribution in [0.1, 0.15) is 97.1 Å². The van der Waals surface area contributed by atoms with E-state index in [1.54, 1.807) is 0 Å². The maximum absolute atomic E-state index is 9.47. The molecule has 2 fully saturated rings. The van der Waals surface area contributed by atoms with Gasteiger partial charge in [0.15, 0.2) is 0 Å². The lowest BCUT2D eigenvalue weighted by molar-refractivity contribution is 0.556. The summed E-state index contributed by atoms with van der Waals surface area (Å²) in [6.45, 7) is 11.5. The van der Waals surface area contributed by atoms with E-state index in [2.05, 4.69) is 124 Å². The molecular weight excluding hydrogens is 458 g/mol. The number of fused-ring (bicyclic) bond motifs is 3. The molecule has 0 amide bonds. The van der Waals surface area contributed by atoms with E-state index in [1.807, 2.05) is 0 Å². The predicted octanol–water partition coefficient (Wildman–Crippen LogP) is 10.4. The molecule has 2 saturated carbocycles. The van der Waals surface area contributed by atoms with Gasteiger partial charge < -0.3 is 4.90 Å². The predicted molar refractivity (Wildman–Crippen MR) is 162 cm³/mol. The number of nitrogens with zero attached hydrogens (tertiary/aromatic N) is 1. The quantitative estimate of drug-likeness (QED) is 0.264. The molecule has 0 radical (unpaired) electrons. The van der Waals surface area contributed by atoms with Gasteiger partial charge in [-0.05, 0) is 109 Å². The van der Waals surface area contributed by atoms with Crippen molar-refractivity contribution in [2.45, 2.75) is 83.0 Å². The first-order valence-corrected chi connectivity index (χ1v) is 14.2. The fourth-order valence-electron chi connectivity index (χ4n) is 6.61. The minimum Gasteiger partial charge on any atom is -0.335 e. The molecule has 0 spiro atoms. The van der Waals surface area contributed by atoms with Crippen molar-refractivity contribution < 1.29 is 2.74 Å². The van der Waals surface area contributed by atoms with Gasteiger partial charge in [0.1, 0.15) is 0 Å². The van der Waals surface area contributed by atoms with Gasteiger partial charge in [-0.15, -0.1) is 0 Å². The Bertz CT molecular complexity index is 1640. The average Bonchev–Trinajstić information content (AvgIpc) is 3.85. The van der Waals surface area contributed by atoms with Gasteiger partial charge >= 0.3 is 0 Å². The lowest BCUT2D eigenvalue weighted by atomic mass is 9.81. The van der Waals surface area contributed by atoms with Gasteiger partial charge in [0, 0.05) is 24.9 Å². The molecule has 0 bridgehead atoms. The second kappa shape index (κ2) is 8.34. The monoisotopic (exact) mass is 499 g/mol. The Morgan fingerprint density at radius 1 is 0.684 bits per heavy atom. The Kier molecular flexibility index (Phi) is 4.74. The van der Waals surface area contributed by atoms with Crippen molar-refractivity contribution in [1.29, 1.82) is 0 Å². The first-order chi connectivity index (χ1) is 18.9. The van der Waals surface area contributed by atoms with Crippen LogP contribution >= 0.6 is 0 Å². The summed E-state index contributed by atoms with van der Waals surface area (Å²) < 4.78 is 18.8. The van der Waals surface area contributed by atoms with Gasteiger partial charge in [0.2, 0.25) is 0 Å². The van der Waals surface area contributed by atoms with Crippen LogP contribution in [-0.2, 0) is 5.41 Å². The smallest absolute Gasteiger partial charge is 0.0530 e. The summed E-state index contributed by atoms with van der Waals surface area (Å²) >= 11 is 0. The van der Waals surface area contributed by atoms with Gasteiger partial charge in [-0.25, -0.2) is 0 Å². The van der Waals surface area contributed by atoms with Gasteiger partial charge in [-0.1, -0.05) is 86.6 Å². The highest BCUT2D eigenvalue weighted by Crippen LogP contribution is 2.57. The summed E-state index contributed by atoms with van der Waals surface area (Å²) in [5.41, 5.74) is 11.7. The van der Waals surface area contributed by atoms with Gasteiger partial charge in [0.25, 0.3) is 0 Å². The van der Waals surface area contributed by atoms with Crippen LogP contribution in [0.5, 0.6) is 0 Å². The fourth-order valence-corrected chi connectivity index (χ4v) is 6.61. The Balaban J connectivity index is 1.56. The second-order valence-corrected chi connectivity index (χ2v) is 12.9. The van der Waals surface area contributed by atoms with E-state index in [0.717, 1.165) is 53.7 Å². The molecule has 0 unspecified atom stereocenters. The standard InChI is InChI=1S/C37H39N/c1-36(2,3)38(35-27(24-12-7-6-8-13-24)15-11-16-28(35)25-18-19-25)34-23-33-31(22-30(34)26-20-21-26)29-14-9-10-17-32(29)37(33,4)5/h6-17,22-23,25-26H,18-21H2,1-5H3/i25D,26D. The molecule has 192 valence electrons. The summed E-state index contributed by atoms with van der Waals surface area (Å²) in [7, 11) is 0. The lowest BCUT2D eigenvalue weighted by Crippen LogP contribution is -2.39. The SMILES string of the molecule is [2H]C1(c2cc3c(cc2N(c2c(-c4ccccc4)cccc2C2([2H])CC2)C(C)(C)C)C(C)(C)c2ccccc2-3)CC1. The summed E-state index contributed by atoms with van der Waals surface area (Å²) in [5.74, 6) is -1.14. The highest BCUT2D eigenvalue weighted by Gasteiger charge is 2.41. The Morgan fingerprint density at radius 2 is 1.32 bits per heavy atom. The molecule has 38 heavy (non-hydrogen) atoms. The van der Waals surface area contributed by atoms with Crippen molar-refractivity contribution >= 4 is 11.4 Å². The van der Waals surface area contributed by atoms with Crippen molar-refractivity contribution in [3.05, 3.63) is 107 Å². The van der Waals surface area contributed by atoms with Crippen LogP contribution in [0, 0.1) is 0 Å². The maximum Gasteiger partial charge on any atom is 0.0530 e. The van der Waals surface area contributed by atoms with E-state index in [0.29, 0.717) is 0 Å². The van der Waals surface area contributed by atoms with Crippen LogP contribution in [0.2, 0.25) is 0 Å². The third-order valence-corrected chi connectivity index (χ3v) is 8.72. The lowest BCUT2D eigenvalue weighted by Gasteiger charge is -2.42. The van der Waals surface area contributed by atoms with Gasteiger partial charge in [-0.3, -0.25) is 0 Å². The molecule has 0 aliphatic heterocycles. The molecule has 4 aromatic rings. The number of hydrogen-bond acceptors (Lipinski definition) is 1. The minimum absolute atomic E-state index is 0.129. The van der Waals surface area contributed by atoms with Crippen LogP contribution in [0.3, 0.4) is 0 Å². The van der Waals surface area contributed by atoms with E-state index in [-0.39, 0.29) is 11.0 Å². The zero-order chi connectivity index (χ0) is 28.1. The highest BCUT2D eigenvalue weighted by atomic mass is 15.2. The third-order valence-electron chi connectivity index (χ3n) is 8.72. The van der Waals surface area contributed by atoms with E-state index >= 15 is 0 Å². The van der Waals surface area contributed by atoms with Gasteiger partial charge in [0.05, 0.1) is 5.69 Å². The highest BCUT2D eigenvalue weighted by molar-refractivity contribution is 5.90. The van der Waals surface area contributed by atoms with Crippen molar-refractivity contribution in [3.8, 4) is 22.3 Å². The first-order valence-electron chi connectivity index (χ1n) is 15.2. The number of para-hydroxylation sites is 1. The van der Waals surface area contributed by atoms with Crippen LogP contribution in [0.25, 0.3) is 22.3 Å². The summed E-state index contributed by atoms with van der Waals surface area (Å²) in [4.78, 5) is 2.50. The molecule has 7 rings (SSSR count). The average molecular weight is 500 g/mol. The Morgan fingerprint density at radius 3 is 2.00 bits per heavy atom. The Hall–Kier alpha value is -3.32. The van der Waals surface area contributed by atoms with Crippen molar-refractivity contribution in [2.24, 2.45) is 0 Å². The molecule has 0 atom stereocenters. The zero-order valence-corrected chi connectivity index (χ0v) is 23.4. The van der Waals surface area contributed by atoms with E-state index in [1.165, 1.54) is 27.8 Å². The largest absolute Gasteiger partial charge is 0.335 e. The topological polar surface area (TPSA) is 3.24 Å². The number of benzene rings is 4. The van der Waals surface area contributed by atoms with Crippen LogP contribution in [-0.4, -0.2) is 5.54 Å². The number of anilines is 2. The van der Waals surface area contributed by atoms with Crippen LogP contribution in [0.15, 0.2) is 84.9 Å². The summed E-state index contributed by atoms with van der Waals surface area (Å²) in [5, 5.41) is 0. The molecule has 0 heterocycles. The Labute approximate surface area is 231 Å². The molecule has 3 aliphatic carbocycles. The number of rotatable bonds is 5. The first kappa shape index (κ1) is 21.6. The van der Waals surface area contributed by atoms with Crippen LogP contribution < -0.4 is 4.90 Å². The minimum atomic E-state index is -0.574. The summed E-state index contributed by atoms with van der Waals surface area (Å²) in [6, 6.07) is 30.7. The molecule has 0 aromatic heterocycles. The van der Waals surface area contributed by atoms with Crippen molar-refractivity contribution in [1.82, 2.24) is 0 Å². The molecule has 4 aromatic carbocycles.